The average Bonchev–Trinajstić information content (AvgIpc) is 2.51. The van der Waals surface area contributed by atoms with Crippen molar-refractivity contribution in [1.29, 1.82) is 0 Å². The van der Waals surface area contributed by atoms with E-state index in [1.807, 2.05) is 43.4 Å². The molecule has 1 aromatic carbocycles. The maximum absolute atomic E-state index is 3.95. The Morgan fingerprint density at radius 1 is 1.31 bits per heavy atom. The van der Waals surface area contributed by atoms with Gasteiger partial charge in [-0.15, -0.1) is 10.2 Å². The summed E-state index contributed by atoms with van der Waals surface area (Å²) in [5, 5.41) is 13.4. The van der Waals surface area contributed by atoms with Crippen LogP contribution in [0, 0.1) is 0 Å². The second-order valence-corrected chi connectivity index (χ2v) is 3.10. The Balaban J connectivity index is 2.69. The van der Waals surface area contributed by atoms with Gasteiger partial charge in [0, 0.05) is 25.5 Å². The summed E-state index contributed by atoms with van der Waals surface area (Å²) >= 11 is 0. The Morgan fingerprint density at radius 2 is 2.15 bits per heavy atom. The van der Waals surface area contributed by atoms with Gasteiger partial charge in [0.15, 0.2) is 0 Å². The van der Waals surface area contributed by atoms with Gasteiger partial charge < -0.3 is 4.90 Å². The molecule has 1 aromatic rings. The SMILES string of the molecule is CN(C)C=c1cccc2c1=NN=N2. The van der Waals surface area contributed by atoms with Gasteiger partial charge in [-0.05, 0) is 11.3 Å². The molecular weight excluding hydrogens is 164 g/mol. The first-order chi connectivity index (χ1) is 6.27. The topological polar surface area (TPSA) is 40.3 Å². The van der Waals surface area contributed by atoms with Gasteiger partial charge in [-0.2, -0.15) is 0 Å². The molecule has 0 saturated carbocycles. The molecule has 0 saturated heterocycles. The van der Waals surface area contributed by atoms with Gasteiger partial charge in [-0.25, -0.2) is 0 Å². The molecule has 0 spiro atoms. The number of nitrogens with zero attached hydrogens (tertiary/aromatic N) is 4. The Labute approximate surface area is 75.9 Å². The van der Waals surface area contributed by atoms with E-state index in [2.05, 4.69) is 15.4 Å². The molecule has 1 aliphatic heterocycles. The van der Waals surface area contributed by atoms with Crippen LogP contribution in [0.5, 0.6) is 0 Å². The number of benzene rings is 1. The molecule has 1 aliphatic rings. The van der Waals surface area contributed by atoms with E-state index in [-0.39, 0.29) is 0 Å². The zero-order valence-electron chi connectivity index (χ0n) is 7.60. The van der Waals surface area contributed by atoms with Gasteiger partial charge in [-0.3, -0.25) is 0 Å². The van der Waals surface area contributed by atoms with Gasteiger partial charge in [-0.1, -0.05) is 12.1 Å². The second-order valence-electron chi connectivity index (χ2n) is 3.10. The van der Waals surface area contributed by atoms with Crippen LogP contribution >= 0.6 is 0 Å². The van der Waals surface area contributed by atoms with Crippen LogP contribution in [-0.4, -0.2) is 19.0 Å². The molecule has 0 aromatic heterocycles. The Hall–Kier alpha value is -1.71. The highest BCUT2D eigenvalue weighted by atomic mass is 15.4. The lowest BCUT2D eigenvalue weighted by Crippen LogP contribution is -2.26. The molecule has 2 rings (SSSR count). The molecule has 0 unspecified atom stereocenters. The van der Waals surface area contributed by atoms with Gasteiger partial charge >= 0.3 is 0 Å². The third kappa shape index (κ3) is 1.42. The van der Waals surface area contributed by atoms with Crippen molar-refractivity contribution in [3.63, 3.8) is 0 Å². The van der Waals surface area contributed by atoms with E-state index < -0.39 is 0 Å². The fourth-order valence-corrected chi connectivity index (χ4v) is 1.24. The zero-order chi connectivity index (χ0) is 9.26. The highest BCUT2D eigenvalue weighted by molar-refractivity contribution is 5.39. The van der Waals surface area contributed by atoms with Gasteiger partial charge in [0.25, 0.3) is 0 Å². The van der Waals surface area contributed by atoms with Crippen molar-refractivity contribution < 1.29 is 0 Å². The highest BCUT2D eigenvalue weighted by Crippen LogP contribution is 2.06. The van der Waals surface area contributed by atoms with Crippen LogP contribution < -0.4 is 10.6 Å². The Morgan fingerprint density at radius 3 is 2.92 bits per heavy atom. The number of rotatable bonds is 1. The normalized spacial score (nSPS) is 14.2. The molecule has 1 heterocycles. The zero-order valence-corrected chi connectivity index (χ0v) is 7.60. The van der Waals surface area contributed by atoms with Crippen molar-refractivity contribution in [1.82, 2.24) is 4.90 Å². The number of hydrogen-bond donors (Lipinski definition) is 0. The maximum atomic E-state index is 3.95. The minimum Gasteiger partial charge on any atom is -0.383 e. The summed E-state index contributed by atoms with van der Waals surface area (Å²) in [5.41, 5.74) is 0.843. The Kier molecular flexibility index (Phi) is 1.81. The van der Waals surface area contributed by atoms with Crippen LogP contribution in [-0.2, 0) is 0 Å². The smallest absolute Gasteiger partial charge is 0.124 e. The predicted molar refractivity (Wildman–Crippen MR) is 49.9 cm³/mol. The molecule has 0 fully saturated rings. The average molecular weight is 174 g/mol. The van der Waals surface area contributed by atoms with Crippen molar-refractivity contribution in [2.24, 2.45) is 15.4 Å². The first-order valence-corrected chi connectivity index (χ1v) is 4.03. The van der Waals surface area contributed by atoms with E-state index in [0.29, 0.717) is 0 Å². The minimum absolute atomic E-state index is 0.843. The van der Waals surface area contributed by atoms with Crippen LogP contribution in [0.4, 0.5) is 5.69 Å². The largest absolute Gasteiger partial charge is 0.383 e. The molecule has 4 heteroatoms. The highest BCUT2D eigenvalue weighted by Gasteiger charge is 2.00. The maximum Gasteiger partial charge on any atom is 0.124 e. The summed E-state index contributed by atoms with van der Waals surface area (Å²) in [6, 6.07) is 5.86. The van der Waals surface area contributed by atoms with Crippen LogP contribution in [0.15, 0.2) is 33.6 Å². The standard InChI is InChI=1S/C9H10N4/c1-13(2)6-7-4-3-5-8-9(7)11-12-10-8/h3-6H,1-2H3. The summed E-state index contributed by atoms with van der Waals surface area (Å²) in [4.78, 5) is 1.98. The third-order valence-corrected chi connectivity index (χ3v) is 1.74. The molecule has 0 N–H and O–H groups in total. The summed E-state index contributed by atoms with van der Waals surface area (Å²) in [5.74, 6) is 0. The van der Waals surface area contributed by atoms with Crippen molar-refractivity contribution in [2.45, 2.75) is 0 Å². The lowest BCUT2D eigenvalue weighted by molar-refractivity contribution is 0.614. The van der Waals surface area contributed by atoms with Crippen molar-refractivity contribution >= 4 is 11.9 Å². The molecule has 4 nitrogen and oxygen atoms in total. The summed E-state index contributed by atoms with van der Waals surface area (Å²) in [7, 11) is 3.95. The summed E-state index contributed by atoms with van der Waals surface area (Å²) in [6.07, 6.45) is 2.00. The summed E-state index contributed by atoms with van der Waals surface area (Å²) in [6.45, 7) is 0. The molecule has 0 amide bonds. The van der Waals surface area contributed by atoms with E-state index in [9.17, 15) is 0 Å². The van der Waals surface area contributed by atoms with Gasteiger partial charge in [0.2, 0.25) is 0 Å². The number of fused-ring (bicyclic) bond motifs is 1. The first kappa shape index (κ1) is 7.91. The predicted octanol–water partition coefficient (Wildman–Crippen LogP) is 0.618. The lowest BCUT2D eigenvalue weighted by atomic mass is 10.2. The molecule has 0 bridgehead atoms. The molecule has 0 radical (unpaired) electrons. The molecule has 0 atom stereocenters. The van der Waals surface area contributed by atoms with E-state index in [1.54, 1.807) is 0 Å². The van der Waals surface area contributed by atoms with E-state index in [0.717, 1.165) is 16.3 Å². The van der Waals surface area contributed by atoms with Crippen molar-refractivity contribution in [3.05, 3.63) is 28.8 Å². The number of hydrogen-bond acceptors (Lipinski definition) is 4. The summed E-state index contributed by atoms with van der Waals surface area (Å²) < 4.78 is 0. The molecule has 0 aliphatic carbocycles. The van der Waals surface area contributed by atoms with Crippen LogP contribution in [0.2, 0.25) is 0 Å². The van der Waals surface area contributed by atoms with E-state index in [1.165, 1.54) is 0 Å². The van der Waals surface area contributed by atoms with Crippen molar-refractivity contribution in [2.75, 3.05) is 14.1 Å². The fraction of sp³-hybridized carbons (Fsp3) is 0.222. The minimum atomic E-state index is 0.843. The first-order valence-electron chi connectivity index (χ1n) is 4.03. The van der Waals surface area contributed by atoms with Crippen LogP contribution in [0.1, 0.15) is 0 Å². The Bertz CT molecular complexity index is 459. The third-order valence-electron chi connectivity index (χ3n) is 1.74. The van der Waals surface area contributed by atoms with Gasteiger partial charge in [0.1, 0.15) is 11.0 Å². The quantitative estimate of drug-likeness (QED) is 0.615. The molecule has 13 heavy (non-hydrogen) atoms. The fourth-order valence-electron chi connectivity index (χ4n) is 1.24. The van der Waals surface area contributed by atoms with Crippen LogP contribution in [0.3, 0.4) is 0 Å². The van der Waals surface area contributed by atoms with E-state index in [4.69, 9.17) is 0 Å². The lowest BCUT2D eigenvalue weighted by Gasteiger charge is -2.02. The molecule has 66 valence electrons. The molecular formula is C9H10N4. The van der Waals surface area contributed by atoms with E-state index >= 15 is 0 Å². The second kappa shape index (κ2) is 2.97. The monoisotopic (exact) mass is 174 g/mol. The van der Waals surface area contributed by atoms with Crippen LogP contribution in [0.25, 0.3) is 6.20 Å². The van der Waals surface area contributed by atoms with Gasteiger partial charge in [0.05, 0.1) is 0 Å². The van der Waals surface area contributed by atoms with Crippen molar-refractivity contribution in [3.8, 4) is 0 Å².